The number of aliphatic hydroxyl groups is 5. The zero-order valence-corrected chi connectivity index (χ0v) is 12.2. The van der Waals surface area contributed by atoms with Crippen molar-refractivity contribution in [2.45, 2.75) is 49.6 Å². The maximum atomic E-state index is 11.6. The first-order chi connectivity index (χ1) is 10.2. The Labute approximate surface area is 126 Å². The third-order valence-electron chi connectivity index (χ3n) is 3.38. The van der Waals surface area contributed by atoms with Crippen LogP contribution in [0, 0.1) is 0 Å². The first kappa shape index (κ1) is 18.7. The van der Waals surface area contributed by atoms with E-state index in [-0.39, 0.29) is 0 Å². The number of hydrogen-bond acceptors (Lipinski definition) is 9. The van der Waals surface area contributed by atoms with Gasteiger partial charge in [0.05, 0.1) is 25.9 Å². The molecule has 1 fully saturated rings. The molecule has 10 heteroatoms. The number of carbonyl (C=O) groups excluding carboxylic acids is 2. The highest BCUT2D eigenvalue weighted by Crippen LogP contribution is 2.31. The van der Waals surface area contributed by atoms with Crippen LogP contribution in [0.25, 0.3) is 0 Å². The summed E-state index contributed by atoms with van der Waals surface area (Å²) in [6.07, 6.45) is -7.09. The molecule has 1 saturated heterocycles. The zero-order valence-electron chi connectivity index (χ0n) is 12.2. The highest BCUT2D eigenvalue weighted by atomic mass is 16.7. The van der Waals surface area contributed by atoms with E-state index in [9.17, 15) is 30.0 Å². The molecule has 6 N–H and O–H groups in total. The van der Waals surface area contributed by atoms with E-state index in [1.165, 1.54) is 0 Å². The molecule has 1 heterocycles. The predicted molar refractivity (Wildman–Crippen MR) is 69.2 cm³/mol. The van der Waals surface area contributed by atoms with E-state index in [1.807, 2.05) is 0 Å². The number of aliphatic hydroxyl groups excluding tert-OH is 4. The highest BCUT2D eigenvalue weighted by molar-refractivity contribution is 5.78. The van der Waals surface area contributed by atoms with E-state index in [0.717, 1.165) is 14.0 Å². The lowest BCUT2D eigenvalue weighted by Crippen LogP contribution is -2.67. The molecular weight excluding hydrogens is 302 g/mol. The smallest absolute Gasteiger partial charge is 0.366 e. The molecule has 0 unspecified atom stereocenters. The first-order valence-electron chi connectivity index (χ1n) is 6.57. The van der Waals surface area contributed by atoms with Gasteiger partial charge in [0.15, 0.2) is 0 Å². The summed E-state index contributed by atoms with van der Waals surface area (Å²) in [4.78, 5) is 22.8. The molecule has 1 rings (SSSR count). The molecular formula is C12H21NO9. The molecule has 1 aliphatic heterocycles. The number of esters is 1. The van der Waals surface area contributed by atoms with Crippen molar-refractivity contribution in [3.05, 3.63) is 0 Å². The topological polar surface area (TPSA) is 166 Å². The highest BCUT2D eigenvalue weighted by Gasteiger charge is 2.54. The monoisotopic (exact) mass is 323 g/mol. The summed E-state index contributed by atoms with van der Waals surface area (Å²) >= 11 is 0. The third-order valence-corrected chi connectivity index (χ3v) is 3.38. The Balaban J connectivity index is 3.09. The van der Waals surface area contributed by atoms with Gasteiger partial charge in [0.25, 0.3) is 5.79 Å². The molecule has 0 aromatic carbocycles. The number of ether oxygens (including phenoxy) is 2. The van der Waals surface area contributed by atoms with Crippen molar-refractivity contribution in [1.29, 1.82) is 0 Å². The standard InChI is InChI=1S/C12H21NO9/c1-5(15)13-8-6(16)3-12(20,11(19)21-2)22-10(8)9(18)7(17)4-14/h6-10,14,16-18,20H,3-4H2,1-2H3,(H,13,15)/t6-,7-,8-,9-,10+,12-/m0/s1. The van der Waals surface area contributed by atoms with Gasteiger partial charge in [0.2, 0.25) is 5.91 Å². The van der Waals surface area contributed by atoms with E-state index in [4.69, 9.17) is 9.84 Å². The van der Waals surface area contributed by atoms with Crippen LogP contribution in [0.1, 0.15) is 13.3 Å². The van der Waals surface area contributed by atoms with Crippen molar-refractivity contribution in [3.8, 4) is 0 Å². The second-order valence-corrected chi connectivity index (χ2v) is 5.10. The molecule has 0 spiro atoms. The summed E-state index contributed by atoms with van der Waals surface area (Å²) in [5.41, 5.74) is 0. The lowest BCUT2D eigenvalue weighted by Gasteiger charge is -2.45. The SMILES string of the molecule is COC(=O)[C@]1(O)C[C@H](O)[C@H](NC(C)=O)[C@H]([C@@H](O)[C@@H](O)CO)O1. The second kappa shape index (κ2) is 7.31. The van der Waals surface area contributed by atoms with Gasteiger partial charge in [-0.05, 0) is 0 Å². The van der Waals surface area contributed by atoms with E-state index in [0.29, 0.717) is 0 Å². The molecule has 0 aromatic heterocycles. The Morgan fingerprint density at radius 2 is 2.05 bits per heavy atom. The quantitative estimate of drug-likeness (QED) is 0.278. The molecule has 10 nitrogen and oxygen atoms in total. The van der Waals surface area contributed by atoms with Gasteiger partial charge in [-0.25, -0.2) is 4.79 Å². The summed E-state index contributed by atoms with van der Waals surface area (Å²) in [6, 6.07) is -1.21. The molecule has 128 valence electrons. The summed E-state index contributed by atoms with van der Waals surface area (Å²) in [5.74, 6) is -4.32. The van der Waals surface area contributed by atoms with Crippen LogP contribution in [0.4, 0.5) is 0 Å². The number of hydrogen-bond donors (Lipinski definition) is 6. The molecule has 0 bridgehead atoms. The first-order valence-corrected chi connectivity index (χ1v) is 6.57. The summed E-state index contributed by atoms with van der Waals surface area (Å²) < 4.78 is 9.45. The van der Waals surface area contributed by atoms with Crippen LogP contribution in [0.3, 0.4) is 0 Å². The van der Waals surface area contributed by atoms with Crippen molar-refractivity contribution in [3.63, 3.8) is 0 Å². The van der Waals surface area contributed by atoms with Crippen LogP contribution in [-0.4, -0.2) is 87.4 Å². The molecule has 1 amide bonds. The fourth-order valence-corrected chi connectivity index (χ4v) is 2.29. The zero-order chi connectivity index (χ0) is 17.1. The molecule has 0 aromatic rings. The Hall–Kier alpha value is -1.30. The number of amides is 1. The minimum atomic E-state index is -2.55. The number of rotatable bonds is 5. The Morgan fingerprint density at radius 3 is 2.50 bits per heavy atom. The largest absolute Gasteiger partial charge is 0.465 e. The lowest BCUT2D eigenvalue weighted by atomic mass is 9.88. The maximum absolute atomic E-state index is 11.6. The van der Waals surface area contributed by atoms with Crippen molar-refractivity contribution in [2.24, 2.45) is 0 Å². The van der Waals surface area contributed by atoms with Gasteiger partial charge in [0.1, 0.15) is 18.3 Å². The lowest BCUT2D eigenvalue weighted by molar-refractivity contribution is -0.296. The van der Waals surface area contributed by atoms with Gasteiger partial charge in [-0.15, -0.1) is 0 Å². The van der Waals surface area contributed by atoms with Crippen LogP contribution >= 0.6 is 0 Å². The van der Waals surface area contributed by atoms with E-state index < -0.39 is 61.1 Å². The Morgan fingerprint density at radius 1 is 1.45 bits per heavy atom. The minimum absolute atomic E-state index is 0.563. The summed E-state index contributed by atoms with van der Waals surface area (Å²) in [7, 11) is 0.990. The molecule has 0 saturated carbocycles. The van der Waals surface area contributed by atoms with E-state index >= 15 is 0 Å². The predicted octanol–water partition coefficient (Wildman–Crippen LogP) is -3.78. The van der Waals surface area contributed by atoms with Crippen molar-refractivity contribution in [1.82, 2.24) is 5.32 Å². The van der Waals surface area contributed by atoms with E-state index in [2.05, 4.69) is 10.1 Å². The molecule has 22 heavy (non-hydrogen) atoms. The molecule has 6 atom stereocenters. The second-order valence-electron chi connectivity index (χ2n) is 5.10. The molecule has 1 aliphatic rings. The number of nitrogens with one attached hydrogen (secondary N) is 1. The van der Waals surface area contributed by atoms with Crippen molar-refractivity contribution >= 4 is 11.9 Å². The number of carbonyl (C=O) groups is 2. The third kappa shape index (κ3) is 3.91. The average molecular weight is 323 g/mol. The van der Waals surface area contributed by atoms with Gasteiger partial charge < -0.3 is 40.3 Å². The van der Waals surface area contributed by atoms with Crippen LogP contribution in [0.15, 0.2) is 0 Å². The maximum Gasteiger partial charge on any atom is 0.366 e. The van der Waals surface area contributed by atoms with Gasteiger partial charge >= 0.3 is 5.97 Å². The fraction of sp³-hybridized carbons (Fsp3) is 0.833. The molecule has 0 radical (unpaired) electrons. The van der Waals surface area contributed by atoms with Crippen LogP contribution < -0.4 is 5.32 Å². The normalized spacial score (nSPS) is 34.6. The van der Waals surface area contributed by atoms with Crippen LogP contribution in [0.5, 0.6) is 0 Å². The average Bonchev–Trinajstić information content (AvgIpc) is 2.46. The van der Waals surface area contributed by atoms with Gasteiger partial charge in [0, 0.05) is 13.3 Å². The van der Waals surface area contributed by atoms with Crippen molar-refractivity contribution in [2.75, 3.05) is 13.7 Å². The molecule has 0 aliphatic carbocycles. The van der Waals surface area contributed by atoms with Gasteiger partial charge in [-0.2, -0.15) is 0 Å². The van der Waals surface area contributed by atoms with E-state index in [1.54, 1.807) is 0 Å². The van der Waals surface area contributed by atoms with Crippen LogP contribution in [-0.2, 0) is 19.1 Å². The Bertz CT molecular complexity index is 417. The van der Waals surface area contributed by atoms with Crippen molar-refractivity contribution < 1.29 is 44.6 Å². The Kier molecular flexibility index (Phi) is 6.23. The van der Waals surface area contributed by atoms with Gasteiger partial charge in [-0.1, -0.05) is 0 Å². The number of methoxy groups -OCH3 is 1. The summed E-state index contributed by atoms with van der Waals surface area (Å²) in [5, 5.41) is 50.8. The van der Waals surface area contributed by atoms with Crippen LogP contribution in [0.2, 0.25) is 0 Å². The minimum Gasteiger partial charge on any atom is -0.465 e. The fourth-order valence-electron chi connectivity index (χ4n) is 2.29. The summed E-state index contributed by atoms with van der Waals surface area (Å²) in [6.45, 7) is 0.320. The van der Waals surface area contributed by atoms with Gasteiger partial charge in [-0.3, -0.25) is 4.79 Å².